The standard InChI is InChI=1S/C22H21N3O4S/c1-12-7-8-16(13(2)10-12)24-20(27)18-14(3)17(22(28)29-4)21(30-18)25-19(26)15-6-5-9-23-11-15/h5-11H,1-4H3,(H,24,27)(H,25,26). The minimum Gasteiger partial charge on any atom is -0.465 e. The van der Waals surface area contributed by atoms with E-state index in [9.17, 15) is 14.4 Å². The molecule has 2 N–H and O–H groups in total. The number of hydrogen-bond acceptors (Lipinski definition) is 6. The van der Waals surface area contributed by atoms with Gasteiger partial charge in [0.15, 0.2) is 0 Å². The van der Waals surface area contributed by atoms with Crippen LogP contribution in [-0.2, 0) is 4.74 Å². The number of anilines is 2. The van der Waals surface area contributed by atoms with Crippen LogP contribution in [0.1, 0.15) is 47.1 Å². The summed E-state index contributed by atoms with van der Waals surface area (Å²) >= 11 is 1.02. The fraction of sp³-hybridized carbons (Fsp3) is 0.182. The lowest BCUT2D eigenvalue weighted by Crippen LogP contribution is -2.14. The molecule has 2 amide bonds. The van der Waals surface area contributed by atoms with Crippen LogP contribution in [0.2, 0.25) is 0 Å². The average molecular weight is 423 g/mol. The van der Waals surface area contributed by atoms with Gasteiger partial charge < -0.3 is 15.4 Å². The smallest absolute Gasteiger partial charge is 0.341 e. The second kappa shape index (κ2) is 8.87. The summed E-state index contributed by atoms with van der Waals surface area (Å²) in [5.41, 5.74) is 3.63. The normalized spacial score (nSPS) is 10.4. The Morgan fingerprint density at radius 1 is 1.03 bits per heavy atom. The van der Waals surface area contributed by atoms with Crippen LogP contribution >= 0.6 is 11.3 Å². The van der Waals surface area contributed by atoms with E-state index in [0.29, 0.717) is 21.7 Å². The molecule has 0 saturated heterocycles. The van der Waals surface area contributed by atoms with Gasteiger partial charge in [0.25, 0.3) is 11.8 Å². The number of hydrogen-bond donors (Lipinski definition) is 2. The van der Waals surface area contributed by atoms with E-state index in [1.807, 2.05) is 32.0 Å². The van der Waals surface area contributed by atoms with E-state index in [4.69, 9.17) is 4.74 Å². The number of aryl methyl sites for hydroxylation is 2. The van der Waals surface area contributed by atoms with Crippen LogP contribution in [0, 0.1) is 20.8 Å². The zero-order valence-corrected chi connectivity index (χ0v) is 17.8. The van der Waals surface area contributed by atoms with Crippen molar-refractivity contribution < 1.29 is 19.1 Å². The molecule has 30 heavy (non-hydrogen) atoms. The van der Waals surface area contributed by atoms with E-state index in [2.05, 4.69) is 15.6 Å². The van der Waals surface area contributed by atoms with Gasteiger partial charge in [0.1, 0.15) is 5.00 Å². The Hall–Kier alpha value is -3.52. The summed E-state index contributed by atoms with van der Waals surface area (Å²) in [7, 11) is 1.25. The van der Waals surface area contributed by atoms with Crippen molar-refractivity contribution in [3.05, 3.63) is 75.4 Å². The second-order valence-electron chi connectivity index (χ2n) is 6.72. The first kappa shape index (κ1) is 21.2. The van der Waals surface area contributed by atoms with Crippen LogP contribution in [0.15, 0.2) is 42.7 Å². The highest BCUT2D eigenvalue weighted by Crippen LogP contribution is 2.34. The second-order valence-corrected chi connectivity index (χ2v) is 7.74. The van der Waals surface area contributed by atoms with E-state index < -0.39 is 11.9 Å². The predicted molar refractivity (Wildman–Crippen MR) is 116 cm³/mol. The molecule has 0 bridgehead atoms. The number of nitrogens with zero attached hydrogens (tertiary/aromatic N) is 1. The number of benzene rings is 1. The number of esters is 1. The molecule has 0 radical (unpaired) electrons. The zero-order chi connectivity index (χ0) is 21.8. The fourth-order valence-corrected chi connectivity index (χ4v) is 4.06. The highest BCUT2D eigenvalue weighted by molar-refractivity contribution is 7.19. The van der Waals surface area contributed by atoms with Crippen LogP contribution in [0.5, 0.6) is 0 Å². The number of thiophene rings is 1. The molecule has 0 unspecified atom stereocenters. The molecule has 1 aromatic carbocycles. The molecular formula is C22H21N3O4S. The number of rotatable bonds is 5. The average Bonchev–Trinajstić information content (AvgIpc) is 3.06. The molecular weight excluding hydrogens is 402 g/mol. The number of ether oxygens (including phenoxy) is 1. The van der Waals surface area contributed by atoms with Crippen molar-refractivity contribution in [2.24, 2.45) is 0 Å². The summed E-state index contributed by atoms with van der Waals surface area (Å²) in [6.45, 7) is 5.53. The largest absolute Gasteiger partial charge is 0.465 e. The Morgan fingerprint density at radius 2 is 1.80 bits per heavy atom. The summed E-state index contributed by atoms with van der Waals surface area (Å²) in [4.78, 5) is 42.1. The van der Waals surface area contributed by atoms with E-state index >= 15 is 0 Å². The highest BCUT2D eigenvalue weighted by Gasteiger charge is 2.26. The van der Waals surface area contributed by atoms with Crippen LogP contribution in [-0.4, -0.2) is 29.9 Å². The van der Waals surface area contributed by atoms with Gasteiger partial charge in [0.05, 0.1) is 23.1 Å². The fourth-order valence-electron chi connectivity index (χ4n) is 2.97. The molecule has 0 aliphatic carbocycles. The van der Waals surface area contributed by atoms with Gasteiger partial charge in [-0.25, -0.2) is 4.79 Å². The lowest BCUT2D eigenvalue weighted by Gasteiger charge is -2.08. The van der Waals surface area contributed by atoms with Crippen LogP contribution in [0.3, 0.4) is 0 Å². The number of nitrogens with one attached hydrogen (secondary N) is 2. The summed E-state index contributed by atoms with van der Waals surface area (Å²) < 4.78 is 4.86. The molecule has 2 heterocycles. The molecule has 0 atom stereocenters. The third kappa shape index (κ3) is 4.38. The molecule has 3 aromatic rings. The van der Waals surface area contributed by atoms with E-state index in [1.165, 1.54) is 13.3 Å². The van der Waals surface area contributed by atoms with Crippen molar-refractivity contribution in [3.63, 3.8) is 0 Å². The summed E-state index contributed by atoms with van der Waals surface area (Å²) in [6.07, 6.45) is 2.98. The maximum absolute atomic E-state index is 12.9. The molecule has 0 saturated carbocycles. The Balaban J connectivity index is 1.94. The zero-order valence-electron chi connectivity index (χ0n) is 17.0. The maximum atomic E-state index is 12.9. The van der Waals surface area contributed by atoms with Crippen molar-refractivity contribution in [2.45, 2.75) is 20.8 Å². The van der Waals surface area contributed by atoms with Gasteiger partial charge in [-0.15, -0.1) is 11.3 Å². The molecule has 3 rings (SSSR count). The first-order chi connectivity index (χ1) is 14.3. The van der Waals surface area contributed by atoms with Gasteiger partial charge in [-0.2, -0.15) is 0 Å². The van der Waals surface area contributed by atoms with Crippen LogP contribution in [0.25, 0.3) is 0 Å². The Bertz CT molecular complexity index is 1120. The van der Waals surface area contributed by atoms with Gasteiger partial charge in [-0.1, -0.05) is 17.7 Å². The first-order valence-corrected chi connectivity index (χ1v) is 9.95. The molecule has 2 aromatic heterocycles. The number of pyridine rings is 1. The van der Waals surface area contributed by atoms with Gasteiger partial charge in [0, 0.05) is 18.1 Å². The summed E-state index contributed by atoms with van der Waals surface area (Å²) in [5.74, 6) is -1.43. The number of carbonyl (C=O) groups is 3. The Labute approximate surface area is 178 Å². The van der Waals surface area contributed by atoms with Crippen molar-refractivity contribution >= 4 is 39.8 Å². The molecule has 154 valence electrons. The van der Waals surface area contributed by atoms with Crippen LogP contribution < -0.4 is 10.6 Å². The van der Waals surface area contributed by atoms with Crippen molar-refractivity contribution in [3.8, 4) is 0 Å². The molecule has 7 nitrogen and oxygen atoms in total. The van der Waals surface area contributed by atoms with Crippen molar-refractivity contribution in [2.75, 3.05) is 17.7 Å². The molecule has 0 aliphatic rings. The summed E-state index contributed by atoms with van der Waals surface area (Å²) in [5, 5.41) is 5.82. The van der Waals surface area contributed by atoms with E-state index in [0.717, 1.165) is 22.5 Å². The summed E-state index contributed by atoms with van der Waals surface area (Å²) in [6, 6.07) is 8.95. The maximum Gasteiger partial charge on any atom is 0.341 e. The number of aromatic nitrogens is 1. The minimum atomic E-state index is -0.629. The topological polar surface area (TPSA) is 97.4 Å². The predicted octanol–water partition coefficient (Wildman–Crippen LogP) is 4.36. The monoisotopic (exact) mass is 423 g/mol. The lowest BCUT2D eigenvalue weighted by molar-refractivity contribution is 0.0601. The third-order valence-corrected chi connectivity index (χ3v) is 5.73. The first-order valence-electron chi connectivity index (χ1n) is 9.13. The van der Waals surface area contributed by atoms with E-state index in [1.54, 1.807) is 25.3 Å². The van der Waals surface area contributed by atoms with Gasteiger partial charge >= 0.3 is 5.97 Å². The molecule has 8 heteroatoms. The van der Waals surface area contributed by atoms with Gasteiger partial charge in [0.2, 0.25) is 0 Å². The Morgan fingerprint density at radius 3 is 2.43 bits per heavy atom. The van der Waals surface area contributed by atoms with Crippen molar-refractivity contribution in [1.82, 2.24) is 4.98 Å². The molecule has 0 fully saturated rings. The number of carbonyl (C=O) groups excluding carboxylic acids is 3. The lowest BCUT2D eigenvalue weighted by atomic mass is 10.1. The van der Waals surface area contributed by atoms with Gasteiger partial charge in [-0.3, -0.25) is 14.6 Å². The SMILES string of the molecule is COC(=O)c1c(NC(=O)c2cccnc2)sc(C(=O)Nc2ccc(C)cc2C)c1C. The van der Waals surface area contributed by atoms with Crippen LogP contribution in [0.4, 0.5) is 10.7 Å². The quantitative estimate of drug-likeness (QED) is 0.594. The van der Waals surface area contributed by atoms with E-state index in [-0.39, 0.29) is 16.5 Å². The molecule has 0 spiro atoms. The minimum absolute atomic E-state index is 0.158. The number of amides is 2. The highest BCUT2D eigenvalue weighted by atomic mass is 32.1. The third-order valence-electron chi connectivity index (χ3n) is 4.52. The van der Waals surface area contributed by atoms with Gasteiger partial charge in [-0.05, 0) is 50.1 Å². The number of methoxy groups -OCH3 is 1. The molecule has 0 aliphatic heterocycles. The van der Waals surface area contributed by atoms with Crippen molar-refractivity contribution in [1.29, 1.82) is 0 Å². The Kier molecular flexibility index (Phi) is 6.27.